The number of thioether (sulfide) groups is 1. The molecule has 1 aromatic heterocycles. The van der Waals surface area contributed by atoms with Crippen LogP contribution in [-0.4, -0.2) is 16.1 Å². The van der Waals surface area contributed by atoms with Crippen molar-refractivity contribution in [1.82, 2.24) is 10.2 Å². The van der Waals surface area contributed by atoms with Crippen molar-refractivity contribution < 1.29 is 9.21 Å². The van der Waals surface area contributed by atoms with Gasteiger partial charge in [-0.3, -0.25) is 4.79 Å². The molecular formula is C21H23N3O2S. The molecule has 0 saturated carbocycles. The van der Waals surface area contributed by atoms with Gasteiger partial charge in [0.15, 0.2) is 0 Å². The summed E-state index contributed by atoms with van der Waals surface area (Å²) >= 11 is 1.27. The monoisotopic (exact) mass is 381 g/mol. The molecule has 0 bridgehead atoms. The zero-order chi connectivity index (χ0) is 19.4. The first-order valence-corrected chi connectivity index (χ1v) is 9.75. The predicted molar refractivity (Wildman–Crippen MR) is 108 cm³/mol. The highest BCUT2D eigenvalue weighted by atomic mass is 32.2. The molecule has 2 aromatic carbocycles. The minimum absolute atomic E-state index is 0.121. The zero-order valence-electron chi connectivity index (χ0n) is 15.9. The van der Waals surface area contributed by atoms with Crippen LogP contribution in [0, 0.1) is 13.8 Å². The van der Waals surface area contributed by atoms with E-state index in [0.29, 0.717) is 11.1 Å². The van der Waals surface area contributed by atoms with Gasteiger partial charge in [0, 0.05) is 11.6 Å². The highest BCUT2D eigenvalue weighted by Crippen LogP contribution is 2.36. The molecule has 1 atom stereocenters. The van der Waals surface area contributed by atoms with Crippen LogP contribution < -0.4 is 5.32 Å². The van der Waals surface area contributed by atoms with Gasteiger partial charge in [0.25, 0.3) is 5.22 Å². The average molecular weight is 382 g/mol. The van der Waals surface area contributed by atoms with E-state index in [2.05, 4.69) is 15.5 Å². The predicted octanol–water partition coefficient (Wildman–Crippen LogP) is 5.28. The van der Waals surface area contributed by atoms with Crippen molar-refractivity contribution in [3.05, 3.63) is 71.1 Å². The summed E-state index contributed by atoms with van der Waals surface area (Å²) in [4.78, 5) is 13.1. The Morgan fingerprint density at radius 3 is 2.48 bits per heavy atom. The summed E-state index contributed by atoms with van der Waals surface area (Å²) in [5.74, 6) is 0.592. The third kappa shape index (κ3) is 4.77. The average Bonchev–Trinajstić information content (AvgIpc) is 3.12. The second-order valence-electron chi connectivity index (χ2n) is 6.78. The van der Waals surface area contributed by atoms with Crippen molar-refractivity contribution in [1.29, 1.82) is 0 Å². The lowest BCUT2D eigenvalue weighted by Crippen LogP contribution is -2.19. The molecule has 0 saturated heterocycles. The minimum atomic E-state index is -0.494. The van der Waals surface area contributed by atoms with Crippen LogP contribution in [0.1, 0.15) is 47.6 Å². The van der Waals surface area contributed by atoms with Gasteiger partial charge in [0.2, 0.25) is 11.8 Å². The van der Waals surface area contributed by atoms with Crippen LogP contribution in [0.15, 0.2) is 58.2 Å². The first kappa shape index (κ1) is 19.2. The summed E-state index contributed by atoms with van der Waals surface area (Å²) in [7, 11) is 0. The largest absolute Gasteiger partial charge is 0.416 e. The summed E-state index contributed by atoms with van der Waals surface area (Å²) in [6.45, 7) is 7.96. The van der Waals surface area contributed by atoms with Gasteiger partial charge in [-0.05, 0) is 48.4 Å². The quantitative estimate of drug-likeness (QED) is 0.588. The van der Waals surface area contributed by atoms with E-state index >= 15 is 0 Å². The number of aryl methyl sites for hydroxylation is 2. The number of nitrogens with zero attached hydrogens (tertiary/aromatic N) is 2. The Balaban J connectivity index is 1.87. The van der Waals surface area contributed by atoms with Gasteiger partial charge in [-0.25, -0.2) is 0 Å². The molecule has 3 rings (SSSR count). The van der Waals surface area contributed by atoms with Crippen molar-refractivity contribution in [3.63, 3.8) is 0 Å². The van der Waals surface area contributed by atoms with Gasteiger partial charge in [0.05, 0.1) is 0 Å². The number of aromatic nitrogens is 2. The van der Waals surface area contributed by atoms with Crippen molar-refractivity contribution >= 4 is 23.4 Å². The lowest BCUT2D eigenvalue weighted by Gasteiger charge is -2.16. The number of hydrogen-bond donors (Lipinski definition) is 1. The number of nitrogens with one attached hydrogen (secondary N) is 1. The van der Waals surface area contributed by atoms with Gasteiger partial charge >= 0.3 is 0 Å². The molecule has 1 amide bonds. The number of amides is 1. The number of anilines is 1. The SMILES string of the molecule is Cc1ccc(C)c(NC(=O)C(Sc2nnc(C(C)C)o2)c2ccccc2)c1. The van der Waals surface area contributed by atoms with E-state index in [1.165, 1.54) is 11.8 Å². The van der Waals surface area contributed by atoms with Crippen LogP contribution in [0.4, 0.5) is 5.69 Å². The summed E-state index contributed by atoms with van der Waals surface area (Å²) in [5.41, 5.74) is 3.81. The van der Waals surface area contributed by atoms with Crippen molar-refractivity contribution in [2.45, 2.75) is 44.1 Å². The molecule has 1 unspecified atom stereocenters. The highest BCUT2D eigenvalue weighted by molar-refractivity contribution is 8.00. The highest BCUT2D eigenvalue weighted by Gasteiger charge is 2.25. The van der Waals surface area contributed by atoms with Crippen molar-refractivity contribution in [3.8, 4) is 0 Å². The Morgan fingerprint density at radius 2 is 1.81 bits per heavy atom. The van der Waals surface area contributed by atoms with E-state index in [4.69, 9.17) is 4.42 Å². The second-order valence-corrected chi connectivity index (χ2v) is 7.83. The van der Waals surface area contributed by atoms with E-state index in [-0.39, 0.29) is 11.8 Å². The molecule has 0 aliphatic carbocycles. The van der Waals surface area contributed by atoms with Crippen molar-refractivity contribution in [2.24, 2.45) is 0 Å². The zero-order valence-corrected chi connectivity index (χ0v) is 16.7. The standard InChI is InChI=1S/C21H23N3O2S/c1-13(2)20-23-24-21(26-20)27-18(16-8-6-5-7-9-16)19(25)22-17-12-14(3)10-11-15(17)4/h5-13,18H,1-4H3,(H,22,25). The summed E-state index contributed by atoms with van der Waals surface area (Å²) in [6, 6.07) is 15.6. The fraction of sp³-hybridized carbons (Fsp3) is 0.286. The molecule has 6 heteroatoms. The molecule has 27 heavy (non-hydrogen) atoms. The third-order valence-corrected chi connectivity index (χ3v) is 5.21. The van der Waals surface area contributed by atoms with E-state index in [0.717, 1.165) is 22.4 Å². The molecule has 1 heterocycles. The van der Waals surface area contributed by atoms with Gasteiger partial charge in [-0.1, -0.05) is 56.3 Å². The minimum Gasteiger partial charge on any atom is -0.416 e. The Hall–Kier alpha value is -2.60. The Kier molecular flexibility index (Phi) is 5.96. The van der Waals surface area contributed by atoms with E-state index in [1.54, 1.807) is 0 Å². The molecule has 1 N–H and O–H groups in total. The van der Waals surface area contributed by atoms with Gasteiger partial charge < -0.3 is 9.73 Å². The molecule has 3 aromatic rings. The lowest BCUT2D eigenvalue weighted by molar-refractivity contribution is -0.115. The second kappa shape index (κ2) is 8.39. The van der Waals surface area contributed by atoms with Crippen LogP contribution in [0.5, 0.6) is 0 Å². The molecule has 0 radical (unpaired) electrons. The normalized spacial score (nSPS) is 12.2. The number of carbonyl (C=O) groups is 1. The lowest BCUT2D eigenvalue weighted by atomic mass is 10.1. The molecule has 0 spiro atoms. The fourth-order valence-electron chi connectivity index (χ4n) is 2.57. The van der Waals surface area contributed by atoms with E-state index < -0.39 is 5.25 Å². The maximum absolute atomic E-state index is 13.1. The smallest absolute Gasteiger partial charge is 0.277 e. The topological polar surface area (TPSA) is 68.0 Å². The summed E-state index contributed by atoms with van der Waals surface area (Å²) < 4.78 is 5.70. The Labute approximate surface area is 163 Å². The van der Waals surface area contributed by atoms with Gasteiger partial charge in [0.1, 0.15) is 5.25 Å². The number of hydrogen-bond acceptors (Lipinski definition) is 5. The van der Waals surface area contributed by atoms with Crippen LogP contribution in [0.25, 0.3) is 0 Å². The Morgan fingerprint density at radius 1 is 1.07 bits per heavy atom. The Bertz CT molecular complexity index is 922. The van der Waals surface area contributed by atoms with E-state index in [9.17, 15) is 4.79 Å². The molecule has 0 aliphatic rings. The molecule has 0 aliphatic heterocycles. The summed E-state index contributed by atoms with van der Waals surface area (Å²) in [5, 5.41) is 11.1. The van der Waals surface area contributed by atoms with Gasteiger partial charge in [-0.2, -0.15) is 0 Å². The van der Waals surface area contributed by atoms with Crippen LogP contribution in [0.2, 0.25) is 0 Å². The summed E-state index contributed by atoms with van der Waals surface area (Å²) in [6.07, 6.45) is 0. The van der Waals surface area contributed by atoms with Gasteiger partial charge in [-0.15, -0.1) is 10.2 Å². The van der Waals surface area contributed by atoms with Crippen molar-refractivity contribution in [2.75, 3.05) is 5.32 Å². The van der Waals surface area contributed by atoms with E-state index in [1.807, 2.05) is 76.2 Å². The van der Waals surface area contributed by atoms with Crippen LogP contribution in [0.3, 0.4) is 0 Å². The molecule has 140 valence electrons. The third-order valence-electron chi connectivity index (χ3n) is 4.13. The molecule has 5 nitrogen and oxygen atoms in total. The molecular weight excluding hydrogens is 358 g/mol. The first-order valence-electron chi connectivity index (χ1n) is 8.87. The maximum atomic E-state index is 13.1. The molecule has 0 fully saturated rings. The number of carbonyl (C=O) groups excluding carboxylic acids is 1. The number of rotatable bonds is 6. The van der Waals surface area contributed by atoms with Crippen LogP contribution >= 0.6 is 11.8 Å². The number of benzene rings is 2. The first-order chi connectivity index (χ1) is 12.9. The maximum Gasteiger partial charge on any atom is 0.277 e. The fourth-order valence-corrected chi connectivity index (χ4v) is 3.45. The van der Waals surface area contributed by atoms with Crippen LogP contribution in [-0.2, 0) is 4.79 Å².